The van der Waals surface area contributed by atoms with Crippen LogP contribution < -0.4 is 0 Å². The van der Waals surface area contributed by atoms with Crippen LogP contribution in [0.5, 0.6) is 0 Å². The average Bonchev–Trinajstić information content (AvgIpc) is 3.14. The molecule has 1 saturated heterocycles. The minimum Gasteiger partial charge on any atom is -0.457 e. The molecule has 0 saturated carbocycles. The zero-order chi connectivity index (χ0) is 37.9. The summed E-state index contributed by atoms with van der Waals surface area (Å²) in [5.74, 6) is -0.325. The van der Waals surface area contributed by atoms with Crippen LogP contribution in [0.3, 0.4) is 0 Å². The number of esters is 1. The SMILES string of the molecule is CCCC/C=C\CCCCCCCCOCC(COC1OC(CO)C(O)C(O)C1O)OC(=O)CCCCCCCCC/C=C\C/C=C\CCCCC. The zero-order valence-electron chi connectivity index (χ0n) is 33.1. The Labute approximate surface area is 317 Å². The molecule has 1 fully saturated rings. The number of unbranched alkanes of at least 4 members (excludes halogenated alkanes) is 18. The van der Waals surface area contributed by atoms with Gasteiger partial charge in [0.1, 0.15) is 30.5 Å². The number of allylic oxidation sites excluding steroid dienone is 6. The van der Waals surface area contributed by atoms with Gasteiger partial charge in [0.2, 0.25) is 0 Å². The van der Waals surface area contributed by atoms with Crippen molar-refractivity contribution in [2.45, 2.75) is 205 Å². The number of aliphatic hydroxyl groups excluding tert-OH is 4. The molecule has 304 valence electrons. The van der Waals surface area contributed by atoms with Crippen molar-refractivity contribution >= 4 is 5.97 Å². The maximum atomic E-state index is 12.7. The van der Waals surface area contributed by atoms with Gasteiger partial charge < -0.3 is 39.4 Å². The molecule has 9 nitrogen and oxygen atoms in total. The van der Waals surface area contributed by atoms with Crippen LogP contribution in [0.15, 0.2) is 36.5 Å². The van der Waals surface area contributed by atoms with E-state index in [9.17, 15) is 25.2 Å². The van der Waals surface area contributed by atoms with Crippen LogP contribution in [0.2, 0.25) is 0 Å². The Morgan fingerprint density at radius 3 is 1.73 bits per heavy atom. The third-order valence-corrected chi connectivity index (χ3v) is 9.53. The summed E-state index contributed by atoms with van der Waals surface area (Å²) in [5, 5.41) is 40.0. The topological polar surface area (TPSA) is 135 Å². The van der Waals surface area contributed by atoms with Gasteiger partial charge in [-0.25, -0.2) is 0 Å². The zero-order valence-corrected chi connectivity index (χ0v) is 33.1. The summed E-state index contributed by atoms with van der Waals surface area (Å²) in [7, 11) is 0. The lowest BCUT2D eigenvalue weighted by atomic mass is 9.99. The Kier molecular flexibility index (Phi) is 32.7. The molecule has 0 aromatic carbocycles. The van der Waals surface area contributed by atoms with Gasteiger partial charge in [-0.2, -0.15) is 0 Å². The molecule has 1 aliphatic heterocycles. The van der Waals surface area contributed by atoms with Crippen molar-refractivity contribution in [3.63, 3.8) is 0 Å². The molecule has 0 amide bonds. The third-order valence-electron chi connectivity index (χ3n) is 9.53. The van der Waals surface area contributed by atoms with Crippen molar-refractivity contribution in [3.8, 4) is 0 Å². The van der Waals surface area contributed by atoms with Gasteiger partial charge in [-0.15, -0.1) is 0 Å². The highest BCUT2D eigenvalue weighted by Crippen LogP contribution is 2.22. The largest absolute Gasteiger partial charge is 0.457 e. The predicted molar refractivity (Wildman–Crippen MR) is 210 cm³/mol. The molecular formula is C43H78O9. The monoisotopic (exact) mass is 739 g/mol. The van der Waals surface area contributed by atoms with Crippen molar-refractivity contribution < 1.29 is 44.2 Å². The second kappa shape index (κ2) is 35.1. The number of carbonyl (C=O) groups is 1. The highest BCUT2D eigenvalue weighted by Gasteiger charge is 2.44. The van der Waals surface area contributed by atoms with E-state index in [0.717, 1.165) is 57.8 Å². The molecule has 0 spiro atoms. The molecular weight excluding hydrogens is 660 g/mol. The van der Waals surface area contributed by atoms with E-state index in [2.05, 4.69) is 50.3 Å². The molecule has 1 aliphatic rings. The van der Waals surface area contributed by atoms with E-state index in [1.807, 2.05) is 0 Å². The van der Waals surface area contributed by atoms with Gasteiger partial charge in [-0.3, -0.25) is 4.79 Å². The standard InChI is InChI=1S/C43H78O9/c1-3-5-7-9-11-13-15-17-18-19-20-21-22-24-26-28-30-32-39(45)51-37(36-50-43-42(48)41(47)40(46)38(34-44)52-43)35-49-33-31-29-27-25-23-16-14-12-10-8-6-4-2/h10-13,17-18,37-38,40-44,46-48H,3-9,14-16,19-36H2,1-2H3/b12-10-,13-11-,18-17-. The Morgan fingerprint density at radius 2 is 1.13 bits per heavy atom. The van der Waals surface area contributed by atoms with E-state index in [4.69, 9.17) is 18.9 Å². The third kappa shape index (κ3) is 26.2. The fourth-order valence-corrected chi connectivity index (χ4v) is 6.15. The summed E-state index contributed by atoms with van der Waals surface area (Å²) >= 11 is 0. The van der Waals surface area contributed by atoms with Crippen LogP contribution in [0.1, 0.15) is 168 Å². The molecule has 6 unspecified atom stereocenters. The van der Waals surface area contributed by atoms with Gasteiger partial charge in [0.15, 0.2) is 6.29 Å². The van der Waals surface area contributed by atoms with Gasteiger partial charge in [0.25, 0.3) is 0 Å². The fourth-order valence-electron chi connectivity index (χ4n) is 6.15. The van der Waals surface area contributed by atoms with Crippen molar-refractivity contribution in [1.82, 2.24) is 0 Å². The number of hydrogen-bond donors (Lipinski definition) is 4. The van der Waals surface area contributed by atoms with E-state index >= 15 is 0 Å². The van der Waals surface area contributed by atoms with Gasteiger partial charge in [-0.1, -0.05) is 134 Å². The quantitative estimate of drug-likeness (QED) is 0.0286. The molecule has 52 heavy (non-hydrogen) atoms. The molecule has 9 heteroatoms. The summed E-state index contributed by atoms with van der Waals surface area (Å²) in [4.78, 5) is 12.7. The van der Waals surface area contributed by atoms with Crippen LogP contribution in [-0.2, 0) is 23.7 Å². The molecule has 0 aromatic heterocycles. The molecule has 1 rings (SSSR count). The molecule has 0 aromatic rings. The lowest BCUT2D eigenvalue weighted by Crippen LogP contribution is -2.59. The summed E-state index contributed by atoms with van der Waals surface area (Å²) in [6.45, 7) is 4.47. The highest BCUT2D eigenvalue weighted by atomic mass is 16.7. The number of hydrogen-bond acceptors (Lipinski definition) is 9. The minimum absolute atomic E-state index is 0.119. The highest BCUT2D eigenvalue weighted by molar-refractivity contribution is 5.69. The normalized spacial score (nSPS) is 21.5. The van der Waals surface area contributed by atoms with E-state index in [-0.39, 0.29) is 19.2 Å². The van der Waals surface area contributed by atoms with Crippen molar-refractivity contribution in [3.05, 3.63) is 36.5 Å². The van der Waals surface area contributed by atoms with Gasteiger partial charge in [0, 0.05) is 13.0 Å². The summed E-state index contributed by atoms with van der Waals surface area (Å²) in [5.41, 5.74) is 0. The summed E-state index contributed by atoms with van der Waals surface area (Å²) < 4.78 is 22.7. The first kappa shape index (κ1) is 48.4. The second-order valence-electron chi connectivity index (χ2n) is 14.4. The van der Waals surface area contributed by atoms with E-state index in [1.54, 1.807) is 0 Å². The Hall–Kier alpha value is -1.59. The van der Waals surface area contributed by atoms with Crippen molar-refractivity contribution in [1.29, 1.82) is 0 Å². The molecule has 1 heterocycles. The number of rotatable bonds is 35. The first-order valence-corrected chi connectivity index (χ1v) is 21.1. The Balaban J connectivity index is 2.30. The molecule has 4 N–H and O–H groups in total. The minimum atomic E-state index is -1.54. The number of aliphatic hydroxyl groups is 4. The van der Waals surface area contributed by atoms with Crippen LogP contribution in [-0.4, -0.2) is 89.6 Å². The van der Waals surface area contributed by atoms with Gasteiger partial charge in [0.05, 0.1) is 19.8 Å². The predicted octanol–water partition coefficient (Wildman–Crippen LogP) is 8.80. The van der Waals surface area contributed by atoms with E-state index in [0.29, 0.717) is 13.0 Å². The van der Waals surface area contributed by atoms with Crippen molar-refractivity contribution in [2.75, 3.05) is 26.4 Å². The Morgan fingerprint density at radius 1 is 0.615 bits per heavy atom. The summed E-state index contributed by atoms with van der Waals surface area (Å²) in [6.07, 6.45) is 33.0. The smallest absolute Gasteiger partial charge is 0.306 e. The fraction of sp³-hybridized carbons (Fsp3) is 0.837. The van der Waals surface area contributed by atoms with E-state index in [1.165, 1.54) is 89.9 Å². The van der Waals surface area contributed by atoms with Crippen LogP contribution in [0.4, 0.5) is 0 Å². The maximum absolute atomic E-state index is 12.7. The molecule has 0 bridgehead atoms. The average molecular weight is 739 g/mol. The van der Waals surface area contributed by atoms with E-state index < -0.39 is 43.4 Å². The first-order valence-electron chi connectivity index (χ1n) is 21.1. The lowest BCUT2D eigenvalue weighted by molar-refractivity contribution is -0.305. The van der Waals surface area contributed by atoms with Gasteiger partial charge >= 0.3 is 5.97 Å². The second-order valence-corrected chi connectivity index (χ2v) is 14.4. The summed E-state index contributed by atoms with van der Waals surface area (Å²) in [6, 6.07) is 0. The lowest BCUT2D eigenvalue weighted by Gasteiger charge is -2.39. The molecule has 6 atom stereocenters. The maximum Gasteiger partial charge on any atom is 0.306 e. The van der Waals surface area contributed by atoms with Crippen LogP contribution >= 0.6 is 0 Å². The Bertz CT molecular complexity index is 890. The first-order chi connectivity index (χ1) is 25.4. The van der Waals surface area contributed by atoms with Crippen LogP contribution in [0, 0.1) is 0 Å². The van der Waals surface area contributed by atoms with Crippen molar-refractivity contribution in [2.24, 2.45) is 0 Å². The molecule has 0 aliphatic carbocycles. The van der Waals surface area contributed by atoms with Crippen LogP contribution in [0.25, 0.3) is 0 Å². The number of carbonyl (C=O) groups excluding carboxylic acids is 1. The molecule has 0 radical (unpaired) electrons. The number of ether oxygens (including phenoxy) is 4. The van der Waals surface area contributed by atoms with Gasteiger partial charge in [-0.05, 0) is 64.2 Å².